The Morgan fingerprint density at radius 1 is 1.20 bits per heavy atom. The van der Waals surface area contributed by atoms with Gasteiger partial charge in [0.15, 0.2) is 0 Å². The van der Waals surface area contributed by atoms with Crippen LogP contribution in [0.1, 0.15) is 19.3 Å². The van der Waals surface area contributed by atoms with E-state index in [0.29, 0.717) is 6.10 Å². The molecule has 1 nitrogen and oxygen atoms in total. The highest BCUT2D eigenvalue weighted by atomic mass is 16.5. The van der Waals surface area contributed by atoms with Gasteiger partial charge in [-0.3, -0.25) is 0 Å². The predicted molar refractivity (Wildman–Crippen MR) is 38.6 cm³/mol. The molecule has 0 aromatic rings. The van der Waals surface area contributed by atoms with Gasteiger partial charge in [-0.05, 0) is 42.9 Å². The highest BCUT2D eigenvalue weighted by Crippen LogP contribution is 2.68. The van der Waals surface area contributed by atoms with Crippen LogP contribution in [0.2, 0.25) is 0 Å². The van der Waals surface area contributed by atoms with Crippen LogP contribution in [-0.2, 0) is 4.74 Å². The molecule has 0 bridgehead atoms. The van der Waals surface area contributed by atoms with E-state index in [1.165, 1.54) is 19.3 Å². The summed E-state index contributed by atoms with van der Waals surface area (Å²) in [5.41, 5.74) is 0. The second kappa shape index (κ2) is 1.58. The fourth-order valence-corrected chi connectivity index (χ4v) is 3.58. The molecule has 0 radical (unpaired) electrons. The first-order chi connectivity index (χ1) is 4.92. The summed E-state index contributed by atoms with van der Waals surface area (Å²) in [6, 6.07) is 0. The van der Waals surface area contributed by atoms with Crippen molar-refractivity contribution in [3.63, 3.8) is 0 Å². The van der Waals surface area contributed by atoms with Crippen molar-refractivity contribution < 1.29 is 4.74 Å². The van der Waals surface area contributed by atoms with Crippen LogP contribution in [0.3, 0.4) is 0 Å². The lowest BCUT2D eigenvalue weighted by molar-refractivity contribution is 0.0838. The fourth-order valence-electron chi connectivity index (χ4n) is 3.58. The number of ether oxygens (including phenoxy) is 1. The van der Waals surface area contributed by atoms with Gasteiger partial charge in [-0.1, -0.05) is 0 Å². The molecule has 10 heavy (non-hydrogen) atoms. The molecule has 0 saturated heterocycles. The van der Waals surface area contributed by atoms with Crippen molar-refractivity contribution in [3.05, 3.63) is 0 Å². The van der Waals surface area contributed by atoms with E-state index in [0.717, 1.165) is 23.7 Å². The van der Waals surface area contributed by atoms with Crippen LogP contribution in [-0.4, -0.2) is 13.2 Å². The van der Waals surface area contributed by atoms with Crippen LogP contribution >= 0.6 is 0 Å². The topological polar surface area (TPSA) is 9.23 Å². The third-order valence-corrected chi connectivity index (χ3v) is 3.97. The maximum absolute atomic E-state index is 5.45. The molecular formula is C9H14O. The monoisotopic (exact) mass is 138 g/mol. The van der Waals surface area contributed by atoms with Gasteiger partial charge in [-0.25, -0.2) is 0 Å². The van der Waals surface area contributed by atoms with Crippen molar-refractivity contribution in [2.75, 3.05) is 7.11 Å². The Bertz CT molecular complexity index is 166. The standard InChI is InChI=1S/C9H14O/c1-10-7-4-5-2-3-6-8(5)9(6)7/h5-9H,2-4H2,1H3/t5-,6-,7+,8?,9?/m0/s1. The second-order valence-electron chi connectivity index (χ2n) is 4.17. The molecule has 0 aliphatic heterocycles. The Hall–Kier alpha value is -0.0400. The van der Waals surface area contributed by atoms with Crippen LogP contribution in [0.15, 0.2) is 0 Å². The highest BCUT2D eigenvalue weighted by molar-refractivity contribution is 5.14. The third kappa shape index (κ3) is 0.460. The van der Waals surface area contributed by atoms with Crippen molar-refractivity contribution in [2.45, 2.75) is 25.4 Å². The molecule has 3 saturated carbocycles. The van der Waals surface area contributed by atoms with E-state index in [1.807, 2.05) is 7.11 Å². The smallest absolute Gasteiger partial charge is 0.0607 e. The van der Waals surface area contributed by atoms with Gasteiger partial charge >= 0.3 is 0 Å². The molecule has 0 N–H and O–H groups in total. The maximum Gasteiger partial charge on any atom is 0.0607 e. The second-order valence-corrected chi connectivity index (χ2v) is 4.17. The van der Waals surface area contributed by atoms with E-state index in [4.69, 9.17) is 4.74 Å². The van der Waals surface area contributed by atoms with E-state index in [9.17, 15) is 0 Å². The van der Waals surface area contributed by atoms with Gasteiger partial charge in [0.25, 0.3) is 0 Å². The highest BCUT2D eigenvalue weighted by Gasteiger charge is 2.65. The van der Waals surface area contributed by atoms with Gasteiger partial charge in [-0.2, -0.15) is 0 Å². The maximum atomic E-state index is 5.45. The summed E-state index contributed by atoms with van der Waals surface area (Å²) in [5, 5.41) is 0. The summed E-state index contributed by atoms with van der Waals surface area (Å²) in [7, 11) is 1.88. The van der Waals surface area contributed by atoms with Gasteiger partial charge in [0.2, 0.25) is 0 Å². The lowest BCUT2D eigenvalue weighted by atomic mass is 10.1. The molecule has 3 fully saturated rings. The van der Waals surface area contributed by atoms with Gasteiger partial charge in [-0.15, -0.1) is 0 Å². The molecular weight excluding hydrogens is 124 g/mol. The largest absolute Gasteiger partial charge is 0.381 e. The molecule has 0 aromatic heterocycles. The zero-order chi connectivity index (χ0) is 6.72. The van der Waals surface area contributed by atoms with Gasteiger partial charge in [0.05, 0.1) is 6.10 Å². The number of methoxy groups -OCH3 is 1. The molecule has 3 aliphatic rings. The number of fused-ring (bicyclic) bond motifs is 1. The van der Waals surface area contributed by atoms with Crippen LogP contribution in [0.5, 0.6) is 0 Å². The van der Waals surface area contributed by atoms with Gasteiger partial charge in [0.1, 0.15) is 0 Å². The minimum atomic E-state index is 0.655. The zero-order valence-corrected chi connectivity index (χ0v) is 6.42. The van der Waals surface area contributed by atoms with E-state index in [-0.39, 0.29) is 0 Å². The molecule has 2 unspecified atom stereocenters. The summed E-state index contributed by atoms with van der Waals surface area (Å²) >= 11 is 0. The molecule has 0 heterocycles. The summed E-state index contributed by atoms with van der Waals surface area (Å²) in [6.07, 6.45) is 5.05. The first-order valence-electron chi connectivity index (χ1n) is 4.44. The summed E-state index contributed by atoms with van der Waals surface area (Å²) in [6.45, 7) is 0. The van der Waals surface area contributed by atoms with Crippen molar-refractivity contribution in [1.82, 2.24) is 0 Å². The molecule has 0 amide bonds. The number of hydrogen-bond donors (Lipinski definition) is 0. The Morgan fingerprint density at radius 3 is 2.70 bits per heavy atom. The Kier molecular flexibility index (Phi) is 0.883. The van der Waals surface area contributed by atoms with E-state index in [2.05, 4.69) is 0 Å². The molecule has 0 aromatic carbocycles. The van der Waals surface area contributed by atoms with Crippen molar-refractivity contribution >= 4 is 0 Å². The van der Waals surface area contributed by atoms with Crippen LogP contribution in [0.4, 0.5) is 0 Å². The zero-order valence-electron chi connectivity index (χ0n) is 6.42. The van der Waals surface area contributed by atoms with Crippen LogP contribution in [0, 0.1) is 23.7 Å². The van der Waals surface area contributed by atoms with Crippen molar-refractivity contribution in [2.24, 2.45) is 23.7 Å². The lowest BCUT2D eigenvalue weighted by Gasteiger charge is -2.10. The summed E-state index contributed by atoms with van der Waals surface area (Å²) in [5.74, 6) is 4.29. The minimum Gasteiger partial charge on any atom is -0.381 e. The molecule has 3 aliphatic carbocycles. The minimum absolute atomic E-state index is 0.655. The first kappa shape index (κ1) is 5.59. The molecule has 0 spiro atoms. The van der Waals surface area contributed by atoms with Crippen LogP contribution < -0.4 is 0 Å². The normalized spacial score (nSPS) is 62.7. The lowest BCUT2D eigenvalue weighted by Crippen LogP contribution is -2.10. The van der Waals surface area contributed by atoms with E-state index in [1.54, 1.807) is 0 Å². The average molecular weight is 138 g/mol. The molecule has 3 rings (SSSR count). The average Bonchev–Trinajstić information content (AvgIpc) is 2.41. The van der Waals surface area contributed by atoms with Crippen molar-refractivity contribution in [3.8, 4) is 0 Å². The number of hydrogen-bond acceptors (Lipinski definition) is 1. The summed E-state index contributed by atoms with van der Waals surface area (Å²) in [4.78, 5) is 0. The quantitative estimate of drug-likeness (QED) is 0.535. The van der Waals surface area contributed by atoms with Gasteiger partial charge < -0.3 is 4.74 Å². The Labute approximate surface area is 61.8 Å². The Morgan fingerprint density at radius 2 is 2.10 bits per heavy atom. The van der Waals surface area contributed by atoms with Crippen LogP contribution in [0.25, 0.3) is 0 Å². The molecule has 56 valence electrons. The predicted octanol–water partition coefficient (Wildman–Crippen LogP) is 1.68. The SMILES string of the molecule is CO[C@@H]1C[C@@H]2CC[C@H]3C2C31. The Balaban J connectivity index is 1.86. The van der Waals surface area contributed by atoms with Crippen molar-refractivity contribution in [1.29, 1.82) is 0 Å². The number of rotatable bonds is 1. The van der Waals surface area contributed by atoms with E-state index >= 15 is 0 Å². The van der Waals surface area contributed by atoms with Gasteiger partial charge in [0, 0.05) is 7.11 Å². The first-order valence-corrected chi connectivity index (χ1v) is 4.44. The molecule has 1 heteroatoms. The third-order valence-electron chi connectivity index (χ3n) is 3.97. The van der Waals surface area contributed by atoms with E-state index < -0.39 is 0 Å². The fraction of sp³-hybridized carbons (Fsp3) is 1.00. The summed E-state index contributed by atoms with van der Waals surface area (Å²) < 4.78 is 5.45. The molecule has 5 atom stereocenters.